The van der Waals surface area contributed by atoms with Gasteiger partial charge in [0.25, 0.3) is 0 Å². The van der Waals surface area contributed by atoms with E-state index in [1.54, 1.807) is 4.68 Å². The van der Waals surface area contributed by atoms with Gasteiger partial charge in [0.2, 0.25) is 0 Å². The highest BCUT2D eigenvalue weighted by Crippen LogP contribution is 2.15. The Morgan fingerprint density at radius 1 is 0.966 bits per heavy atom. The molecule has 0 fully saturated rings. The number of carbonyl (C=O) groups excluding carboxylic acids is 1. The van der Waals surface area contributed by atoms with E-state index in [1.165, 1.54) is 5.56 Å². The van der Waals surface area contributed by atoms with Crippen molar-refractivity contribution in [3.05, 3.63) is 58.7 Å². The molecule has 3 aromatic rings. The van der Waals surface area contributed by atoms with Crippen LogP contribution in [0.5, 0.6) is 0 Å². The van der Waals surface area contributed by atoms with Crippen LogP contribution < -0.4 is 16.0 Å². The molecule has 0 aliphatic rings. The predicted octanol–water partition coefficient (Wildman–Crippen LogP) is 3.44. The number of benzene rings is 1. The highest BCUT2D eigenvalue weighted by Gasteiger charge is 2.08. The van der Waals surface area contributed by atoms with E-state index in [2.05, 4.69) is 31.0 Å². The number of urea groups is 1. The van der Waals surface area contributed by atoms with Gasteiger partial charge in [0.1, 0.15) is 11.6 Å². The average molecular weight is 393 g/mol. The molecular formula is C21H27N7O. The molecule has 0 saturated heterocycles. The Bertz CT molecular complexity index is 1030. The van der Waals surface area contributed by atoms with Gasteiger partial charge >= 0.3 is 6.03 Å². The zero-order valence-electron chi connectivity index (χ0n) is 17.5. The summed E-state index contributed by atoms with van der Waals surface area (Å²) >= 11 is 0. The van der Waals surface area contributed by atoms with Crippen LogP contribution in [0.3, 0.4) is 0 Å². The second-order valence-corrected chi connectivity index (χ2v) is 7.10. The fourth-order valence-corrected chi connectivity index (χ4v) is 2.97. The molecule has 8 nitrogen and oxygen atoms in total. The van der Waals surface area contributed by atoms with Crippen molar-refractivity contribution in [3.8, 4) is 5.82 Å². The third kappa shape index (κ3) is 5.31. The first-order valence-electron chi connectivity index (χ1n) is 9.57. The van der Waals surface area contributed by atoms with Crippen LogP contribution in [-0.2, 0) is 0 Å². The van der Waals surface area contributed by atoms with Crippen molar-refractivity contribution in [1.29, 1.82) is 0 Å². The Balaban J connectivity index is 1.53. The van der Waals surface area contributed by atoms with Gasteiger partial charge in [0.15, 0.2) is 5.82 Å². The molecule has 2 heterocycles. The minimum absolute atomic E-state index is 0.239. The van der Waals surface area contributed by atoms with E-state index >= 15 is 0 Å². The summed E-state index contributed by atoms with van der Waals surface area (Å²) in [6.45, 7) is 10.8. The second kappa shape index (κ2) is 8.72. The molecule has 0 bridgehead atoms. The Kier molecular flexibility index (Phi) is 6.11. The lowest BCUT2D eigenvalue weighted by molar-refractivity contribution is 0.252. The molecule has 0 spiro atoms. The molecule has 1 aromatic carbocycles. The van der Waals surface area contributed by atoms with Gasteiger partial charge in [-0.1, -0.05) is 6.07 Å². The summed E-state index contributed by atoms with van der Waals surface area (Å²) in [7, 11) is 0. The third-order valence-electron chi connectivity index (χ3n) is 4.53. The summed E-state index contributed by atoms with van der Waals surface area (Å²) in [5, 5.41) is 13.4. The van der Waals surface area contributed by atoms with Crippen molar-refractivity contribution < 1.29 is 4.79 Å². The van der Waals surface area contributed by atoms with Crippen LogP contribution in [0, 0.1) is 34.6 Å². The summed E-state index contributed by atoms with van der Waals surface area (Å²) < 4.78 is 1.80. The van der Waals surface area contributed by atoms with E-state index in [9.17, 15) is 4.79 Å². The van der Waals surface area contributed by atoms with Gasteiger partial charge in [-0.25, -0.2) is 19.4 Å². The number of anilines is 2. The number of hydrogen-bond donors (Lipinski definition) is 3. The topological polar surface area (TPSA) is 96.8 Å². The highest BCUT2D eigenvalue weighted by atomic mass is 16.2. The number of rotatable bonds is 6. The van der Waals surface area contributed by atoms with E-state index < -0.39 is 0 Å². The molecule has 0 atom stereocenters. The van der Waals surface area contributed by atoms with Crippen molar-refractivity contribution >= 4 is 17.5 Å². The molecule has 8 heteroatoms. The molecular weight excluding hydrogens is 366 g/mol. The van der Waals surface area contributed by atoms with E-state index in [0.717, 1.165) is 22.6 Å². The van der Waals surface area contributed by atoms with Crippen LogP contribution in [0.15, 0.2) is 30.3 Å². The molecule has 152 valence electrons. The lowest BCUT2D eigenvalue weighted by atomic mass is 10.1. The van der Waals surface area contributed by atoms with Gasteiger partial charge in [0.05, 0.1) is 5.69 Å². The molecule has 3 rings (SSSR count). The zero-order chi connectivity index (χ0) is 21.0. The normalized spacial score (nSPS) is 10.7. The van der Waals surface area contributed by atoms with Crippen LogP contribution in [0.4, 0.5) is 16.3 Å². The molecule has 29 heavy (non-hydrogen) atoms. The molecule has 2 aromatic heterocycles. The van der Waals surface area contributed by atoms with Gasteiger partial charge in [-0.3, -0.25) is 0 Å². The number of amides is 2. The lowest BCUT2D eigenvalue weighted by Crippen LogP contribution is -2.32. The third-order valence-corrected chi connectivity index (χ3v) is 4.53. The average Bonchev–Trinajstić information content (AvgIpc) is 3.00. The van der Waals surface area contributed by atoms with Crippen LogP contribution in [0.1, 0.15) is 28.3 Å². The minimum atomic E-state index is -0.239. The van der Waals surface area contributed by atoms with Crippen molar-refractivity contribution in [2.45, 2.75) is 34.6 Å². The van der Waals surface area contributed by atoms with Gasteiger partial charge in [-0.2, -0.15) is 5.10 Å². The molecule has 0 aliphatic heterocycles. The SMILES string of the molecule is Cc1cc(C)n(-c2cc(NCCNC(=O)Nc3ccc(C)c(C)c3)nc(C)n2)n1. The first-order chi connectivity index (χ1) is 13.8. The summed E-state index contributed by atoms with van der Waals surface area (Å²) in [5.41, 5.74) is 5.06. The van der Waals surface area contributed by atoms with E-state index in [1.807, 2.05) is 65.0 Å². The van der Waals surface area contributed by atoms with Crippen LogP contribution >= 0.6 is 0 Å². The smallest absolute Gasteiger partial charge is 0.319 e. The van der Waals surface area contributed by atoms with E-state index in [0.29, 0.717) is 30.5 Å². The fourth-order valence-electron chi connectivity index (χ4n) is 2.97. The van der Waals surface area contributed by atoms with Crippen LogP contribution in [0.2, 0.25) is 0 Å². The molecule has 0 aliphatic carbocycles. The summed E-state index contributed by atoms with van der Waals surface area (Å²) in [6.07, 6.45) is 0. The molecule has 3 N–H and O–H groups in total. The summed E-state index contributed by atoms with van der Waals surface area (Å²) in [5.74, 6) is 2.06. The Labute approximate surface area is 170 Å². The standard InChI is InChI=1S/C21H27N7O/c1-13-6-7-18(10-14(13)2)26-21(29)23-9-8-22-19-12-20(25-17(5)24-19)28-16(4)11-15(3)27-28/h6-7,10-12H,8-9H2,1-5H3,(H,22,24,25)(H2,23,26,29). The van der Waals surface area contributed by atoms with Crippen LogP contribution in [0.25, 0.3) is 5.82 Å². The lowest BCUT2D eigenvalue weighted by Gasteiger charge is -2.11. The number of hydrogen-bond acceptors (Lipinski definition) is 5. The first kappa shape index (κ1) is 20.3. The molecule has 2 amide bonds. The highest BCUT2D eigenvalue weighted by molar-refractivity contribution is 5.89. The predicted molar refractivity (Wildman–Crippen MR) is 115 cm³/mol. The minimum Gasteiger partial charge on any atom is -0.368 e. The zero-order valence-corrected chi connectivity index (χ0v) is 17.5. The Morgan fingerprint density at radius 3 is 2.45 bits per heavy atom. The van der Waals surface area contributed by atoms with Crippen molar-refractivity contribution in [2.24, 2.45) is 0 Å². The number of carbonyl (C=O) groups is 1. The Hall–Kier alpha value is -3.42. The maximum Gasteiger partial charge on any atom is 0.319 e. The van der Waals surface area contributed by atoms with E-state index in [-0.39, 0.29) is 6.03 Å². The van der Waals surface area contributed by atoms with Crippen molar-refractivity contribution in [3.63, 3.8) is 0 Å². The van der Waals surface area contributed by atoms with Crippen LogP contribution in [-0.4, -0.2) is 38.9 Å². The maximum absolute atomic E-state index is 12.1. The van der Waals surface area contributed by atoms with Gasteiger partial charge in [-0.15, -0.1) is 0 Å². The van der Waals surface area contributed by atoms with Gasteiger partial charge < -0.3 is 16.0 Å². The van der Waals surface area contributed by atoms with Crippen molar-refractivity contribution in [1.82, 2.24) is 25.1 Å². The molecule has 0 radical (unpaired) electrons. The summed E-state index contributed by atoms with van der Waals surface area (Å²) in [6, 6.07) is 9.45. The summed E-state index contributed by atoms with van der Waals surface area (Å²) in [4.78, 5) is 20.9. The monoisotopic (exact) mass is 393 g/mol. The Morgan fingerprint density at radius 2 is 1.76 bits per heavy atom. The first-order valence-corrected chi connectivity index (χ1v) is 9.57. The quantitative estimate of drug-likeness (QED) is 0.558. The van der Waals surface area contributed by atoms with E-state index in [4.69, 9.17) is 0 Å². The van der Waals surface area contributed by atoms with Gasteiger partial charge in [-0.05, 0) is 63.9 Å². The fraction of sp³-hybridized carbons (Fsp3) is 0.333. The molecule has 0 saturated carbocycles. The largest absolute Gasteiger partial charge is 0.368 e. The second-order valence-electron chi connectivity index (χ2n) is 7.10. The number of aromatic nitrogens is 4. The number of nitrogens with one attached hydrogen (secondary N) is 3. The maximum atomic E-state index is 12.1. The molecule has 0 unspecified atom stereocenters. The number of nitrogens with zero attached hydrogens (tertiary/aromatic N) is 4. The van der Waals surface area contributed by atoms with Gasteiger partial charge in [0, 0.05) is 30.5 Å². The number of aryl methyl sites for hydroxylation is 5. The van der Waals surface area contributed by atoms with Crippen molar-refractivity contribution in [2.75, 3.05) is 23.7 Å².